The number of hydrogen-bond donors (Lipinski definition) is 1. The molecule has 0 radical (unpaired) electrons. The Bertz CT molecular complexity index is 349. The molecule has 1 unspecified atom stereocenters. The first-order valence-corrected chi connectivity index (χ1v) is 6.32. The SMILES string of the molecule is O=C(O)C1CCCN1C(=O)C1CCC(F)(F)CC1. The number of rotatable bonds is 2. The molecule has 0 aromatic carbocycles. The number of hydrogen-bond acceptors (Lipinski definition) is 2. The summed E-state index contributed by atoms with van der Waals surface area (Å²) < 4.78 is 26.0. The number of carbonyl (C=O) groups is 2. The Hall–Kier alpha value is -1.20. The second kappa shape index (κ2) is 4.82. The van der Waals surface area contributed by atoms with Gasteiger partial charge in [-0.05, 0) is 25.7 Å². The molecule has 0 bridgehead atoms. The summed E-state index contributed by atoms with van der Waals surface area (Å²) in [6.45, 7) is 0.433. The number of likely N-dealkylation sites (tertiary alicyclic amines) is 1. The largest absolute Gasteiger partial charge is 0.480 e. The van der Waals surface area contributed by atoms with Crippen LogP contribution < -0.4 is 0 Å². The van der Waals surface area contributed by atoms with Crippen LogP contribution in [0.3, 0.4) is 0 Å². The van der Waals surface area contributed by atoms with Gasteiger partial charge in [0.2, 0.25) is 11.8 Å². The summed E-state index contributed by atoms with van der Waals surface area (Å²) in [6.07, 6.45) is 0.919. The normalized spacial score (nSPS) is 28.3. The number of amides is 1. The average molecular weight is 261 g/mol. The van der Waals surface area contributed by atoms with Crippen molar-refractivity contribution in [2.45, 2.75) is 50.5 Å². The Balaban J connectivity index is 1.97. The maximum absolute atomic E-state index is 13.0. The topological polar surface area (TPSA) is 57.6 Å². The molecule has 0 aromatic heterocycles. The van der Waals surface area contributed by atoms with E-state index in [4.69, 9.17) is 5.11 Å². The van der Waals surface area contributed by atoms with Crippen molar-refractivity contribution in [1.82, 2.24) is 4.90 Å². The smallest absolute Gasteiger partial charge is 0.326 e. The van der Waals surface area contributed by atoms with E-state index in [1.165, 1.54) is 4.90 Å². The first-order valence-electron chi connectivity index (χ1n) is 6.32. The second-order valence-corrected chi connectivity index (χ2v) is 5.16. The fourth-order valence-electron chi connectivity index (χ4n) is 2.81. The van der Waals surface area contributed by atoms with Crippen molar-refractivity contribution in [3.05, 3.63) is 0 Å². The van der Waals surface area contributed by atoms with E-state index in [2.05, 4.69) is 0 Å². The Morgan fingerprint density at radius 3 is 2.33 bits per heavy atom. The molecule has 1 saturated heterocycles. The third-order valence-corrected chi connectivity index (χ3v) is 3.89. The van der Waals surface area contributed by atoms with Crippen LogP contribution in [0.2, 0.25) is 0 Å². The molecule has 102 valence electrons. The Kier molecular flexibility index (Phi) is 3.54. The lowest BCUT2D eigenvalue weighted by Crippen LogP contribution is -2.45. The van der Waals surface area contributed by atoms with E-state index in [1.54, 1.807) is 0 Å². The van der Waals surface area contributed by atoms with Gasteiger partial charge in [-0.15, -0.1) is 0 Å². The Morgan fingerprint density at radius 1 is 1.17 bits per heavy atom. The minimum Gasteiger partial charge on any atom is -0.480 e. The van der Waals surface area contributed by atoms with Gasteiger partial charge in [-0.1, -0.05) is 0 Å². The van der Waals surface area contributed by atoms with Crippen molar-refractivity contribution >= 4 is 11.9 Å². The van der Waals surface area contributed by atoms with Crippen LogP contribution in [0.4, 0.5) is 8.78 Å². The summed E-state index contributed by atoms with van der Waals surface area (Å²) in [5.74, 6) is -4.34. The molecule has 1 atom stereocenters. The summed E-state index contributed by atoms with van der Waals surface area (Å²) >= 11 is 0. The maximum Gasteiger partial charge on any atom is 0.326 e. The number of carboxylic acid groups (broad SMARTS) is 1. The van der Waals surface area contributed by atoms with Crippen LogP contribution in [0.1, 0.15) is 38.5 Å². The predicted molar refractivity (Wildman–Crippen MR) is 59.3 cm³/mol. The van der Waals surface area contributed by atoms with Crippen molar-refractivity contribution in [2.75, 3.05) is 6.54 Å². The molecule has 1 saturated carbocycles. The maximum atomic E-state index is 13.0. The predicted octanol–water partition coefficient (Wildman–Crippen LogP) is 1.89. The number of aliphatic carboxylic acids is 1. The summed E-state index contributed by atoms with van der Waals surface area (Å²) in [4.78, 5) is 24.5. The zero-order valence-corrected chi connectivity index (χ0v) is 10.1. The van der Waals surface area contributed by atoms with Crippen molar-refractivity contribution in [1.29, 1.82) is 0 Å². The standard InChI is InChI=1S/C12H17F2NO3/c13-12(14)5-3-8(4-6-12)10(16)15-7-1-2-9(15)11(17)18/h8-9H,1-7H2,(H,17,18). The van der Waals surface area contributed by atoms with Gasteiger partial charge in [0.15, 0.2) is 0 Å². The highest BCUT2D eigenvalue weighted by Gasteiger charge is 2.42. The highest BCUT2D eigenvalue weighted by Crippen LogP contribution is 2.37. The number of carboxylic acids is 1. The molecule has 2 rings (SSSR count). The van der Waals surface area contributed by atoms with Gasteiger partial charge < -0.3 is 10.0 Å². The zero-order valence-electron chi connectivity index (χ0n) is 10.1. The minimum atomic E-state index is -2.66. The summed E-state index contributed by atoms with van der Waals surface area (Å²) in [7, 11) is 0. The third kappa shape index (κ3) is 2.62. The third-order valence-electron chi connectivity index (χ3n) is 3.89. The molecule has 6 heteroatoms. The van der Waals surface area contributed by atoms with E-state index in [9.17, 15) is 18.4 Å². The van der Waals surface area contributed by atoms with Crippen molar-refractivity contribution in [3.63, 3.8) is 0 Å². The van der Waals surface area contributed by atoms with Gasteiger partial charge in [0.25, 0.3) is 0 Å². The summed E-state index contributed by atoms with van der Waals surface area (Å²) in [6, 6.07) is -0.764. The molecule has 2 aliphatic rings. The van der Waals surface area contributed by atoms with E-state index >= 15 is 0 Å². The lowest BCUT2D eigenvalue weighted by atomic mass is 9.86. The molecule has 4 nitrogen and oxygen atoms in total. The second-order valence-electron chi connectivity index (χ2n) is 5.16. The molecule has 1 N–H and O–H groups in total. The molecule has 1 heterocycles. The number of alkyl halides is 2. The van der Waals surface area contributed by atoms with Crippen molar-refractivity contribution in [3.8, 4) is 0 Å². The van der Waals surface area contributed by atoms with Crippen LogP contribution in [-0.2, 0) is 9.59 Å². The molecule has 0 spiro atoms. The van der Waals surface area contributed by atoms with Crippen LogP contribution in [-0.4, -0.2) is 40.4 Å². The Morgan fingerprint density at radius 2 is 1.78 bits per heavy atom. The zero-order chi connectivity index (χ0) is 13.3. The van der Waals surface area contributed by atoms with Gasteiger partial charge in [0.1, 0.15) is 6.04 Å². The molecule has 1 aliphatic heterocycles. The monoisotopic (exact) mass is 261 g/mol. The van der Waals surface area contributed by atoms with Gasteiger partial charge in [-0.2, -0.15) is 0 Å². The first kappa shape index (κ1) is 13.2. The lowest BCUT2D eigenvalue weighted by Gasteiger charge is -2.31. The van der Waals surface area contributed by atoms with Crippen molar-refractivity contribution < 1.29 is 23.5 Å². The molecular formula is C12H17F2NO3. The van der Waals surface area contributed by atoms with E-state index in [-0.39, 0.29) is 31.6 Å². The summed E-state index contributed by atoms with van der Waals surface area (Å²) in [5, 5.41) is 9.00. The van der Waals surface area contributed by atoms with Gasteiger partial charge in [0.05, 0.1) is 0 Å². The molecule has 1 amide bonds. The van der Waals surface area contributed by atoms with Gasteiger partial charge >= 0.3 is 5.97 Å². The van der Waals surface area contributed by atoms with Gasteiger partial charge in [-0.3, -0.25) is 4.79 Å². The fourth-order valence-corrected chi connectivity index (χ4v) is 2.81. The fraction of sp³-hybridized carbons (Fsp3) is 0.833. The highest BCUT2D eigenvalue weighted by atomic mass is 19.3. The minimum absolute atomic E-state index is 0.161. The van der Waals surface area contributed by atoms with Crippen LogP contribution in [0.25, 0.3) is 0 Å². The molecule has 1 aliphatic carbocycles. The molecule has 2 fully saturated rings. The van der Waals surface area contributed by atoms with E-state index in [1.807, 2.05) is 0 Å². The average Bonchev–Trinajstić information content (AvgIpc) is 2.77. The van der Waals surface area contributed by atoms with Crippen LogP contribution >= 0.6 is 0 Å². The Labute approximate surface area is 104 Å². The molecule has 0 aromatic rings. The summed E-state index contributed by atoms with van der Waals surface area (Å²) in [5.41, 5.74) is 0. The van der Waals surface area contributed by atoms with E-state index in [0.29, 0.717) is 19.4 Å². The molecule has 18 heavy (non-hydrogen) atoms. The first-order chi connectivity index (χ1) is 8.41. The quantitative estimate of drug-likeness (QED) is 0.825. The van der Waals surface area contributed by atoms with Crippen LogP contribution in [0, 0.1) is 5.92 Å². The van der Waals surface area contributed by atoms with E-state index in [0.717, 1.165) is 0 Å². The van der Waals surface area contributed by atoms with Gasteiger partial charge in [-0.25, -0.2) is 13.6 Å². The van der Waals surface area contributed by atoms with Gasteiger partial charge in [0, 0.05) is 25.3 Å². The number of nitrogens with zero attached hydrogens (tertiary/aromatic N) is 1. The lowest BCUT2D eigenvalue weighted by molar-refractivity contribution is -0.151. The number of carbonyl (C=O) groups excluding carboxylic acids is 1. The molecular weight excluding hydrogens is 244 g/mol. The van der Waals surface area contributed by atoms with Crippen LogP contribution in [0.15, 0.2) is 0 Å². The highest BCUT2D eigenvalue weighted by molar-refractivity contribution is 5.85. The van der Waals surface area contributed by atoms with Crippen molar-refractivity contribution in [2.24, 2.45) is 5.92 Å². The van der Waals surface area contributed by atoms with E-state index < -0.39 is 23.9 Å². The number of halogens is 2. The van der Waals surface area contributed by atoms with Crippen LogP contribution in [0.5, 0.6) is 0 Å².